The van der Waals surface area contributed by atoms with Crippen LogP contribution in [0.1, 0.15) is 18.5 Å². The summed E-state index contributed by atoms with van der Waals surface area (Å²) in [5.74, 6) is 1.52. The maximum absolute atomic E-state index is 9.84. The predicted octanol–water partition coefficient (Wildman–Crippen LogP) is 0.555. The maximum atomic E-state index is 9.84. The Hall–Kier alpha value is -1.67. The summed E-state index contributed by atoms with van der Waals surface area (Å²) < 4.78 is 0. The quantitative estimate of drug-likeness (QED) is 0.763. The molecule has 1 saturated carbocycles. The molecule has 2 heterocycles. The first kappa shape index (κ1) is 10.5. The maximum Gasteiger partial charge on any atom is 0.226 e. The first-order valence-corrected chi connectivity index (χ1v) is 5.94. The van der Waals surface area contributed by atoms with Crippen molar-refractivity contribution >= 4 is 5.95 Å². The minimum absolute atomic E-state index is 0.177. The van der Waals surface area contributed by atoms with Crippen LogP contribution >= 0.6 is 0 Å². The molecule has 1 aliphatic heterocycles. The molecule has 1 aliphatic carbocycles. The van der Waals surface area contributed by atoms with Gasteiger partial charge in [-0.1, -0.05) is 0 Å². The first-order chi connectivity index (χ1) is 8.28. The topological polar surface area (TPSA) is 73.0 Å². The summed E-state index contributed by atoms with van der Waals surface area (Å²) in [7, 11) is 0. The van der Waals surface area contributed by atoms with Gasteiger partial charge in [-0.3, -0.25) is 0 Å². The largest absolute Gasteiger partial charge is 0.393 e. The van der Waals surface area contributed by atoms with Crippen molar-refractivity contribution in [2.75, 3.05) is 18.0 Å². The number of aliphatic hydroxyl groups is 1. The van der Waals surface area contributed by atoms with E-state index >= 15 is 0 Å². The number of nitriles is 1. The second-order valence-corrected chi connectivity index (χ2v) is 4.83. The van der Waals surface area contributed by atoms with Gasteiger partial charge in [0.2, 0.25) is 5.95 Å². The molecule has 17 heavy (non-hydrogen) atoms. The van der Waals surface area contributed by atoms with Crippen LogP contribution in [0.15, 0.2) is 12.3 Å². The SMILES string of the molecule is N#Cc1ccnc(N2CC3CCC(O)C3C2)n1. The van der Waals surface area contributed by atoms with Crippen molar-refractivity contribution in [3.8, 4) is 6.07 Å². The number of rotatable bonds is 1. The van der Waals surface area contributed by atoms with Crippen molar-refractivity contribution < 1.29 is 5.11 Å². The standard InChI is InChI=1S/C12H14N4O/c13-5-9-3-4-14-12(15-9)16-6-8-1-2-11(17)10(8)7-16/h3-4,8,10-11,17H,1-2,6-7H2. The van der Waals surface area contributed by atoms with Crippen molar-refractivity contribution in [2.24, 2.45) is 11.8 Å². The van der Waals surface area contributed by atoms with Crippen LogP contribution in [-0.2, 0) is 0 Å². The molecule has 0 amide bonds. The highest BCUT2D eigenvalue weighted by Crippen LogP contribution is 2.38. The molecule has 0 bridgehead atoms. The van der Waals surface area contributed by atoms with Crippen LogP contribution in [0.3, 0.4) is 0 Å². The van der Waals surface area contributed by atoms with Gasteiger partial charge in [0.15, 0.2) is 0 Å². The van der Waals surface area contributed by atoms with Crippen LogP contribution in [0.2, 0.25) is 0 Å². The molecule has 3 unspecified atom stereocenters. The Bertz CT molecular complexity index is 470. The van der Waals surface area contributed by atoms with E-state index in [1.807, 2.05) is 6.07 Å². The van der Waals surface area contributed by atoms with Gasteiger partial charge >= 0.3 is 0 Å². The van der Waals surface area contributed by atoms with E-state index in [0.29, 0.717) is 23.5 Å². The Labute approximate surface area is 99.7 Å². The lowest BCUT2D eigenvalue weighted by Gasteiger charge is -2.17. The summed E-state index contributed by atoms with van der Waals surface area (Å²) >= 11 is 0. The summed E-state index contributed by atoms with van der Waals surface area (Å²) in [6, 6.07) is 3.63. The number of nitrogens with zero attached hydrogens (tertiary/aromatic N) is 4. The molecule has 88 valence electrons. The Balaban J connectivity index is 1.81. The molecule has 3 rings (SSSR count). The average molecular weight is 230 g/mol. The summed E-state index contributed by atoms with van der Waals surface area (Å²) in [5, 5.41) is 18.7. The second kappa shape index (κ2) is 3.97. The molecule has 0 aromatic carbocycles. The lowest BCUT2D eigenvalue weighted by Crippen LogP contribution is -2.26. The van der Waals surface area contributed by atoms with E-state index in [9.17, 15) is 5.11 Å². The van der Waals surface area contributed by atoms with Crippen LogP contribution in [-0.4, -0.2) is 34.3 Å². The third kappa shape index (κ3) is 1.75. The zero-order valence-corrected chi connectivity index (χ0v) is 9.45. The molecule has 1 N–H and O–H groups in total. The third-order valence-electron chi connectivity index (χ3n) is 3.86. The lowest BCUT2D eigenvalue weighted by molar-refractivity contribution is 0.133. The summed E-state index contributed by atoms with van der Waals surface area (Å²) in [4.78, 5) is 10.5. The van der Waals surface area contributed by atoms with E-state index in [2.05, 4.69) is 14.9 Å². The molecule has 2 fully saturated rings. The highest BCUT2D eigenvalue weighted by atomic mass is 16.3. The van der Waals surface area contributed by atoms with E-state index in [-0.39, 0.29) is 6.10 Å². The number of hydrogen-bond donors (Lipinski definition) is 1. The molecule has 1 aromatic rings. The monoisotopic (exact) mass is 230 g/mol. The molecular weight excluding hydrogens is 216 g/mol. The van der Waals surface area contributed by atoms with Crippen LogP contribution in [0.4, 0.5) is 5.95 Å². The van der Waals surface area contributed by atoms with Crippen LogP contribution in [0.25, 0.3) is 0 Å². The fourth-order valence-electron chi connectivity index (χ4n) is 2.96. The molecule has 1 aromatic heterocycles. The van der Waals surface area contributed by atoms with Gasteiger partial charge in [0.1, 0.15) is 11.8 Å². The number of hydrogen-bond acceptors (Lipinski definition) is 5. The zero-order chi connectivity index (χ0) is 11.8. The third-order valence-corrected chi connectivity index (χ3v) is 3.86. The van der Waals surface area contributed by atoms with E-state index in [4.69, 9.17) is 5.26 Å². The number of aromatic nitrogens is 2. The van der Waals surface area contributed by atoms with Crippen LogP contribution in [0, 0.1) is 23.2 Å². The van der Waals surface area contributed by atoms with E-state index in [0.717, 1.165) is 25.9 Å². The van der Waals surface area contributed by atoms with Gasteiger partial charge in [0.25, 0.3) is 0 Å². The summed E-state index contributed by atoms with van der Waals surface area (Å²) in [6.07, 6.45) is 3.44. The van der Waals surface area contributed by atoms with Gasteiger partial charge < -0.3 is 10.0 Å². The average Bonchev–Trinajstić information content (AvgIpc) is 2.92. The lowest BCUT2D eigenvalue weighted by atomic mass is 10.00. The number of fused-ring (bicyclic) bond motifs is 1. The van der Waals surface area contributed by atoms with Crippen molar-refractivity contribution in [3.05, 3.63) is 18.0 Å². The Morgan fingerprint density at radius 1 is 1.41 bits per heavy atom. The Morgan fingerprint density at radius 2 is 2.29 bits per heavy atom. The van der Waals surface area contributed by atoms with Gasteiger partial charge in [0, 0.05) is 25.2 Å². The molecule has 5 heteroatoms. The smallest absolute Gasteiger partial charge is 0.226 e. The van der Waals surface area contributed by atoms with Gasteiger partial charge in [-0.05, 0) is 24.8 Å². The minimum Gasteiger partial charge on any atom is -0.393 e. The summed E-state index contributed by atoms with van der Waals surface area (Å²) in [5.41, 5.74) is 0.396. The van der Waals surface area contributed by atoms with Crippen LogP contribution < -0.4 is 4.90 Å². The molecule has 0 radical (unpaired) electrons. The first-order valence-electron chi connectivity index (χ1n) is 5.94. The fraction of sp³-hybridized carbons (Fsp3) is 0.583. The van der Waals surface area contributed by atoms with Crippen molar-refractivity contribution in [1.82, 2.24) is 9.97 Å². The van der Waals surface area contributed by atoms with Crippen LogP contribution in [0.5, 0.6) is 0 Å². The van der Waals surface area contributed by atoms with Crippen molar-refractivity contribution in [2.45, 2.75) is 18.9 Å². The van der Waals surface area contributed by atoms with Crippen molar-refractivity contribution in [1.29, 1.82) is 5.26 Å². The highest BCUT2D eigenvalue weighted by Gasteiger charge is 2.42. The van der Waals surface area contributed by atoms with E-state index in [1.165, 1.54) is 0 Å². The minimum atomic E-state index is -0.177. The van der Waals surface area contributed by atoms with Gasteiger partial charge in [-0.15, -0.1) is 0 Å². The molecule has 2 aliphatic rings. The normalized spacial score (nSPS) is 31.3. The molecule has 0 spiro atoms. The molecule has 3 atom stereocenters. The number of anilines is 1. The van der Waals surface area contributed by atoms with Gasteiger partial charge in [-0.25, -0.2) is 9.97 Å². The summed E-state index contributed by atoms with van der Waals surface area (Å²) in [6.45, 7) is 1.71. The predicted molar refractivity (Wildman–Crippen MR) is 61.2 cm³/mol. The van der Waals surface area contributed by atoms with Gasteiger partial charge in [0.05, 0.1) is 6.10 Å². The number of aliphatic hydroxyl groups excluding tert-OH is 1. The molecular formula is C12H14N4O. The van der Waals surface area contributed by atoms with Gasteiger partial charge in [-0.2, -0.15) is 5.26 Å². The van der Waals surface area contributed by atoms with E-state index < -0.39 is 0 Å². The molecule has 5 nitrogen and oxygen atoms in total. The Kier molecular flexibility index (Phi) is 2.45. The fourth-order valence-corrected chi connectivity index (χ4v) is 2.96. The highest BCUT2D eigenvalue weighted by molar-refractivity contribution is 5.36. The Morgan fingerprint density at radius 3 is 3.06 bits per heavy atom. The van der Waals surface area contributed by atoms with E-state index in [1.54, 1.807) is 12.3 Å². The van der Waals surface area contributed by atoms with Crippen molar-refractivity contribution in [3.63, 3.8) is 0 Å². The second-order valence-electron chi connectivity index (χ2n) is 4.83. The molecule has 1 saturated heterocycles. The zero-order valence-electron chi connectivity index (χ0n) is 9.45.